The Morgan fingerprint density at radius 1 is 1.03 bits per heavy atom. The quantitative estimate of drug-likeness (QED) is 0.488. The van der Waals surface area contributed by atoms with Crippen LogP contribution in [0.15, 0.2) is 61.3 Å². The van der Waals surface area contributed by atoms with E-state index in [9.17, 15) is 4.79 Å². The molecule has 0 fully saturated rings. The minimum absolute atomic E-state index is 0.231. The summed E-state index contributed by atoms with van der Waals surface area (Å²) in [5, 5.41) is 4.39. The molecule has 0 aliphatic heterocycles. The first-order valence-corrected chi connectivity index (χ1v) is 9.61. The van der Waals surface area contributed by atoms with Crippen molar-refractivity contribution in [3.8, 4) is 17.1 Å². The van der Waals surface area contributed by atoms with E-state index in [0.717, 1.165) is 27.9 Å². The molecule has 7 nitrogen and oxygen atoms in total. The average molecular weight is 395 g/mol. The Balaban J connectivity index is 1.54. The second-order valence-electron chi connectivity index (χ2n) is 8.07. The SMILES string of the molecule is BC(B)(B)Oc1ccc(C(=O)Nc2cc3cc(-c4cncn4C)ncc3cn2)cc1. The zero-order valence-corrected chi connectivity index (χ0v) is 17.4. The van der Waals surface area contributed by atoms with E-state index in [1.165, 1.54) is 0 Å². The van der Waals surface area contributed by atoms with Crippen LogP contribution < -0.4 is 10.1 Å². The Morgan fingerprint density at radius 3 is 2.43 bits per heavy atom. The molecule has 0 atom stereocenters. The minimum Gasteiger partial charge on any atom is -0.514 e. The van der Waals surface area contributed by atoms with Crippen molar-refractivity contribution in [3.63, 3.8) is 0 Å². The highest BCUT2D eigenvalue weighted by atomic mass is 16.5. The maximum absolute atomic E-state index is 12.6. The van der Waals surface area contributed by atoms with Crippen LogP contribution in [0, 0.1) is 0 Å². The molecule has 0 aliphatic carbocycles. The first kappa shape index (κ1) is 19.8. The number of imidazole rings is 1. The lowest BCUT2D eigenvalue weighted by Crippen LogP contribution is -2.37. The number of aryl methyl sites for hydroxylation is 1. The number of nitrogens with zero attached hydrogens (tertiary/aromatic N) is 4. The Kier molecular flexibility index (Phi) is 5.07. The maximum Gasteiger partial charge on any atom is 0.256 e. The molecule has 0 aliphatic rings. The van der Waals surface area contributed by atoms with Gasteiger partial charge in [0.05, 0.1) is 23.9 Å². The van der Waals surface area contributed by atoms with Gasteiger partial charge < -0.3 is 14.6 Å². The van der Waals surface area contributed by atoms with Gasteiger partial charge in [0.15, 0.2) is 0 Å². The van der Waals surface area contributed by atoms with Crippen LogP contribution in [0.2, 0.25) is 0 Å². The van der Waals surface area contributed by atoms with Crippen LogP contribution in [-0.4, -0.2) is 54.3 Å². The number of fused-ring (bicyclic) bond motifs is 1. The first-order chi connectivity index (χ1) is 14.3. The van der Waals surface area contributed by atoms with E-state index in [2.05, 4.69) is 20.3 Å². The highest BCUT2D eigenvalue weighted by Gasteiger charge is 2.13. The fourth-order valence-electron chi connectivity index (χ4n) is 3.07. The van der Waals surface area contributed by atoms with Crippen LogP contribution in [0.25, 0.3) is 22.2 Å². The molecule has 0 saturated carbocycles. The molecule has 0 saturated heterocycles. The van der Waals surface area contributed by atoms with Gasteiger partial charge in [-0.05, 0) is 41.8 Å². The molecular formula is C20H20B3N5O2. The van der Waals surface area contributed by atoms with Crippen LogP contribution in [0.1, 0.15) is 10.4 Å². The van der Waals surface area contributed by atoms with E-state index in [1.807, 2.05) is 47.3 Å². The number of aromatic nitrogens is 4. The fourth-order valence-corrected chi connectivity index (χ4v) is 3.07. The third-order valence-corrected chi connectivity index (χ3v) is 4.46. The molecule has 30 heavy (non-hydrogen) atoms. The molecular weight excluding hydrogens is 375 g/mol. The first-order valence-electron chi connectivity index (χ1n) is 9.61. The zero-order valence-electron chi connectivity index (χ0n) is 17.4. The summed E-state index contributed by atoms with van der Waals surface area (Å²) in [5.74, 6) is 0.966. The second-order valence-corrected chi connectivity index (χ2v) is 8.07. The van der Waals surface area contributed by atoms with E-state index < -0.39 is 0 Å². The summed E-state index contributed by atoms with van der Waals surface area (Å²) < 4.78 is 7.70. The van der Waals surface area contributed by atoms with Gasteiger partial charge in [-0.3, -0.25) is 9.78 Å². The summed E-state index contributed by atoms with van der Waals surface area (Å²) in [6.07, 6.45) is 6.97. The smallest absolute Gasteiger partial charge is 0.256 e. The normalized spacial score (nSPS) is 11.4. The van der Waals surface area contributed by atoms with Crippen molar-refractivity contribution in [1.82, 2.24) is 19.5 Å². The number of hydrogen-bond acceptors (Lipinski definition) is 5. The molecule has 3 heterocycles. The summed E-state index contributed by atoms with van der Waals surface area (Å²) in [7, 11) is 7.86. The van der Waals surface area contributed by atoms with Gasteiger partial charge in [-0.1, -0.05) is 0 Å². The number of benzene rings is 1. The van der Waals surface area contributed by atoms with E-state index >= 15 is 0 Å². The minimum atomic E-state index is -0.290. The molecule has 146 valence electrons. The van der Waals surface area contributed by atoms with Crippen molar-refractivity contribution < 1.29 is 9.53 Å². The number of hydrogen-bond donors (Lipinski definition) is 1. The number of pyridine rings is 2. The lowest BCUT2D eigenvalue weighted by atomic mass is 9.52. The lowest BCUT2D eigenvalue weighted by Gasteiger charge is -2.21. The van der Waals surface area contributed by atoms with Crippen molar-refractivity contribution in [1.29, 1.82) is 0 Å². The Labute approximate surface area is 177 Å². The van der Waals surface area contributed by atoms with Gasteiger partial charge in [0.1, 0.15) is 35.1 Å². The monoisotopic (exact) mass is 395 g/mol. The van der Waals surface area contributed by atoms with E-state index in [4.69, 9.17) is 4.74 Å². The molecule has 10 heteroatoms. The number of carbonyl (C=O) groups is 1. The van der Waals surface area contributed by atoms with Gasteiger partial charge in [0.2, 0.25) is 0 Å². The van der Waals surface area contributed by atoms with Gasteiger partial charge in [0, 0.05) is 35.7 Å². The summed E-state index contributed by atoms with van der Waals surface area (Å²) >= 11 is 0. The van der Waals surface area contributed by atoms with Crippen molar-refractivity contribution in [2.75, 3.05) is 5.32 Å². The molecule has 0 spiro atoms. The third-order valence-electron chi connectivity index (χ3n) is 4.46. The van der Waals surface area contributed by atoms with Crippen LogP contribution in [-0.2, 0) is 7.05 Å². The molecule has 0 bridgehead atoms. The number of carbonyl (C=O) groups excluding carboxylic acids is 1. The topological polar surface area (TPSA) is 81.9 Å². The van der Waals surface area contributed by atoms with Crippen LogP contribution in [0.5, 0.6) is 5.75 Å². The van der Waals surface area contributed by atoms with Crippen molar-refractivity contribution >= 4 is 46.0 Å². The number of amides is 1. The largest absolute Gasteiger partial charge is 0.514 e. The maximum atomic E-state index is 12.6. The Hall–Kier alpha value is -3.55. The third kappa shape index (κ3) is 4.37. The molecule has 4 aromatic rings. The molecule has 1 amide bonds. The average Bonchev–Trinajstić information content (AvgIpc) is 3.12. The highest BCUT2D eigenvalue weighted by molar-refractivity contribution is 6.58. The highest BCUT2D eigenvalue weighted by Crippen LogP contribution is 2.23. The molecule has 0 radical (unpaired) electrons. The zero-order chi connectivity index (χ0) is 21.3. The van der Waals surface area contributed by atoms with Gasteiger partial charge in [-0.25, -0.2) is 9.97 Å². The molecule has 1 aromatic carbocycles. The molecule has 3 aromatic heterocycles. The molecule has 1 N–H and O–H groups in total. The Morgan fingerprint density at radius 2 is 1.77 bits per heavy atom. The van der Waals surface area contributed by atoms with Crippen molar-refractivity contribution in [2.45, 2.75) is 5.30 Å². The van der Waals surface area contributed by atoms with Crippen LogP contribution in [0.4, 0.5) is 5.82 Å². The van der Waals surface area contributed by atoms with E-state index in [0.29, 0.717) is 11.4 Å². The summed E-state index contributed by atoms with van der Waals surface area (Å²) in [5.41, 5.74) is 2.25. The predicted molar refractivity (Wildman–Crippen MR) is 125 cm³/mol. The Bertz CT molecular complexity index is 1220. The number of anilines is 1. The number of nitrogens with one attached hydrogen (secondary N) is 1. The van der Waals surface area contributed by atoms with Crippen LogP contribution in [0.3, 0.4) is 0 Å². The fraction of sp³-hybridized carbons (Fsp3) is 0.100. The van der Waals surface area contributed by atoms with Gasteiger partial charge >= 0.3 is 0 Å². The van der Waals surface area contributed by atoms with Gasteiger partial charge in [-0.2, -0.15) is 0 Å². The van der Waals surface area contributed by atoms with Crippen LogP contribution >= 0.6 is 0 Å². The lowest BCUT2D eigenvalue weighted by molar-refractivity contribution is 0.102. The van der Waals surface area contributed by atoms with Crippen molar-refractivity contribution in [2.24, 2.45) is 7.05 Å². The van der Waals surface area contributed by atoms with Gasteiger partial charge in [0.25, 0.3) is 5.91 Å². The summed E-state index contributed by atoms with van der Waals surface area (Å²) in [6, 6.07) is 10.9. The summed E-state index contributed by atoms with van der Waals surface area (Å²) in [6.45, 7) is 0. The van der Waals surface area contributed by atoms with Crippen molar-refractivity contribution in [3.05, 3.63) is 66.9 Å². The molecule has 0 unspecified atom stereocenters. The second kappa shape index (κ2) is 7.70. The number of rotatable bonds is 5. The van der Waals surface area contributed by atoms with Gasteiger partial charge in [-0.15, -0.1) is 0 Å². The molecule has 4 rings (SSSR count). The van der Waals surface area contributed by atoms with E-state index in [-0.39, 0.29) is 11.2 Å². The standard InChI is InChI=1S/C20H20B3N5O2/c1-28-11-24-10-17(28)16-6-13-7-18(26-9-14(13)8-25-16)27-19(29)12-2-4-15(5-3-12)30-20(21,22)23/h2-11H,21-23H2,1H3,(H,26,27,29). The summed E-state index contributed by atoms with van der Waals surface area (Å²) in [4.78, 5) is 25.6. The van der Waals surface area contributed by atoms with E-state index in [1.54, 1.807) is 49.2 Å². The predicted octanol–water partition coefficient (Wildman–Crippen LogP) is 0.172. The number of ether oxygens (including phenoxy) is 1.